The van der Waals surface area contributed by atoms with Gasteiger partial charge in [0.1, 0.15) is 12.1 Å². The summed E-state index contributed by atoms with van der Waals surface area (Å²) in [5, 5.41) is 23.7. The van der Waals surface area contributed by atoms with E-state index in [1.54, 1.807) is 41.0 Å². The van der Waals surface area contributed by atoms with E-state index in [-0.39, 0.29) is 36.8 Å². The number of aliphatic hydroxyl groups is 1. The number of piperazine rings is 1. The van der Waals surface area contributed by atoms with Crippen molar-refractivity contribution in [2.45, 2.75) is 44.9 Å². The van der Waals surface area contributed by atoms with Gasteiger partial charge in [-0.1, -0.05) is 6.07 Å². The topological polar surface area (TPSA) is 116 Å². The average molecular weight is 487 g/mol. The number of fused-ring (bicyclic) bond motifs is 2. The summed E-state index contributed by atoms with van der Waals surface area (Å²) in [6.45, 7) is 5.93. The van der Waals surface area contributed by atoms with Crippen LogP contribution < -0.4 is 10.5 Å². The number of benzene rings is 1. The Morgan fingerprint density at radius 2 is 1.97 bits per heavy atom. The van der Waals surface area contributed by atoms with Crippen LogP contribution in [-0.4, -0.2) is 66.1 Å². The first-order valence-electron chi connectivity index (χ1n) is 12.2. The molecule has 1 unspecified atom stereocenters. The highest BCUT2D eigenvalue weighted by Gasteiger charge is 2.35. The fourth-order valence-electron chi connectivity index (χ4n) is 5.34. The summed E-state index contributed by atoms with van der Waals surface area (Å²) >= 11 is 0. The Labute approximate surface area is 209 Å². The first-order chi connectivity index (χ1) is 17.4. The monoisotopic (exact) mass is 486 g/mol. The number of aliphatic hydroxyl groups excluding tert-OH is 1. The smallest absolute Gasteiger partial charge is 0.252 e. The Morgan fingerprint density at radius 3 is 2.72 bits per heavy atom. The molecule has 0 saturated carbocycles. The van der Waals surface area contributed by atoms with Crippen LogP contribution >= 0.6 is 0 Å². The van der Waals surface area contributed by atoms with Gasteiger partial charge in [-0.25, -0.2) is 0 Å². The van der Waals surface area contributed by atoms with Crippen molar-refractivity contribution in [2.75, 3.05) is 24.6 Å². The van der Waals surface area contributed by atoms with Gasteiger partial charge in [-0.05, 0) is 38.0 Å². The number of nitriles is 1. The van der Waals surface area contributed by atoms with Crippen LogP contribution in [0.2, 0.25) is 0 Å². The van der Waals surface area contributed by atoms with Gasteiger partial charge in [0.05, 0.1) is 34.5 Å². The third-order valence-corrected chi connectivity index (χ3v) is 7.30. The lowest BCUT2D eigenvalue weighted by atomic mass is 9.98. The molecule has 4 aromatic rings. The lowest BCUT2D eigenvalue weighted by molar-refractivity contribution is 0.106. The Morgan fingerprint density at radius 1 is 1.19 bits per heavy atom. The van der Waals surface area contributed by atoms with Crippen LogP contribution in [0.3, 0.4) is 0 Å². The minimum atomic E-state index is -0.127. The van der Waals surface area contributed by atoms with Crippen molar-refractivity contribution in [3.8, 4) is 6.07 Å². The van der Waals surface area contributed by atoms with Gasteiger partial charge in [0.15, 0.2) is 0 Å². The second-order valence-corrected chi connectivity index (χ2v) is 9.49. The fourth-order valence-corrected chi connectivity index (χ4v) is 5.34. The van der Waals surface area contributed by atoms with Gasteiger partial charge < -0.3 is 14.6 Å². The van der Waals surface area contributed by atoms with Gasteiger partial charge in [-0.15, -0.1) is 0 Å². The molecule has 0 bridgehead atoms. The van der Waals surface area contributed by atoms with E-state index in [1.807, 2.05) is 6.07 Å². The summed E-state index contributed by atoms with van der Waals surface area (Å²) in [7, 11) is 1.72. The first kappa shape index (κ1) is 23.9. The maximum Gasteiger partial charge on any atom is 0.252 e. The molecule has 0 amide bonds. The number of hydrogen-bond donors (Lipinski definition) is 1. The zero-order valence-corrected chi connectivity index (χ0v) is 20.7. The molecular weight excluding hydrogens is 456 g/mol. The molecule has 1 aliphatic rings. The molecule has 1 aliphatic heterocycles. The van der Waals surface area contributed by atoms with E-state index >= 15 is 0 Å². The van der Waals surface area contributed by atoms with E-state index in [9.17, 15) is 9.90 Å². The zero-order chi connectivity index (χ0) is 25.4. The number of anilines is 1. The maximum atomic E-state index is 12.8. The minimum Gasteiger partial charge on any atom is -0.396 e. The van der Waals surface area contributed by atoms with Gasteiger partial charge in [-0.3, -0.25) is 24.3 Å². The average Bonchev–Trinajstić information content (AvgIpc) is 3.31. The van der Waals surface area contributed by atoms with E-state index in [2.05, 4.69) is 56.9 Å². The number of aromatic nitrogens is 5. The number of nitrogens with zero attached hydrogens (tertiary/aromatic N) is 8. The van der Waals surface area contributed by atoms with Gasteiger partial charge >= 0.3 is 0 Å². The predicted molar refractivity (Wildman–Crippen MR) is 138 cm³/mol. The molecule has 0 aliphatic carbocycles. The van der Waals surface area contributed by atoms with E-state index in [0.717, 1.165) is 28.8 Å². The third-order valence-electron chi connectivity index (χ3n) is 7.30. The molecule has 36 heavy (non-hydrogen) atoms. The van der Waals surface area contributed by atoms with Gasteiger partial charge in [0.25, 0.3) is 5.56 Å². The predicted octanol–water partition coefficient (Wildman–Crippen LogP) is 2.22. The molecule has 3 atom stereocenters. The SMILES string of the molecule is CC(c1ccc2nccnc2c1)N1C[C@H](CCO)N(c2cc(=O)n(C)c3cn(CC#N)nc23)C[C@H]1C. The quantitative estimate of drug-likeness (QED) is 0.441. The van der Waals surface area contributed by atoms with Gasteiger partial charge in [0.2, 0.25) is 0 Å². The minimum absolute atomic E-state index is 0.00896. The molecule has 4 heterocycles. The maximum absolute atomic E-state index is 12.8. The van der Waals surface area contributed by atoms with Crippen molar-refractivity contribution < 1.29 is 5.11 Å². The molecule has 1 fully saturated rings. The Bertz CT molecular complexity index is 1500. The van der Waals surface area contributed by atoms with Crippen LogP contribution in [0.25, 0.3) is 22.1 Å². The Hall–Kier alpha value is -3.81. The molecule has 186 valence electrons. The van der Waals surface area contributed by atoms with Crippen LogP contribution in [0, 0.1) is 11.3 Å². The molecule has 1 saturated heterocycles. The molecular formula is C26H30N8O2. The number of rotatable bonds is 6. The highest BCUT2D eigenvalue weighted by atomic mass is 16.3. The second-order valence-electron chi connectivity index (χ2n) is 9.49. The van der Waals surface area contributed by atoms with Crippen LogP contribution in [0.1, 0.15) is 31.9 Å². The Balaban J connectivity index is 1.50. The zero-order valence-electron chi connectivity index (χ0n) is 20.7. The number of hydrogen-bond acceptors (Lipinski definition) is 8. The lowest BCUT2D eigenvalue weighted by Gasteiger charge is -2.48. The fraction of sp³-hybridized carbons (Fsp3) is 0.423. The van der Waals surface area contributed by atoms with Crippen molar-refractivity contribution in [1.82, 2.24) is 29.2 Å². The highest BCUT2D eigenvalue weighted by Crippen LogP contribution is 2.33. The standard InChI is InChI=1S/C26H30N8O2/c1-17-14-34(23-13-25(36)31(3)24-16-32(10-7-27)30-26(23)24)20(6-11-35)15-33(17)18(2)19-4-5-21-22(12-19)29-9-8-28-21/h4-5,8-9,12-13,16-18,20,35H,6,10-11,14-15H2,1-3H3/t17-,18?,20+/m1/s1. The summed E-state index contributed by atoms with van der Waals surface area (Å²) in [4.78, 5) is 26.3. The van der Waals surface area contributed by atoms with E-state index in [1.165, 1.54) is 0 Å². The van der Waals surface area contributed by atoms with Crippen molar-refractivity contribution >= 4 is 27.8 Å². The number of pyridine rings is 1. The molecule has 3 aromatic heterocycles. The molecule has 1 aromatic carbocycles. The van der Waals surface area contributed by atoms with Crippen LogP contribution in [0.15, 0.2) is 47.7 Å². The third kappa shape index (κ3) is 4.21. The molecule has 5 rings (SSSR count). The summed E-state index contributed by atoms with van der Waals surface area (Å²) in [6, 6.07) is 10.2. The van der Waals surface area contributed by atoms with Crippen molar-refractivity contribution in [3.63, 3.8) is 0 Å². The van der Waals surface area contributed by atoms with Crippen molar-refractivity contribution in [2.24, 2.45) is 7.05 Å². The largest absolute Gasteiger partial charge is 0.396 e. The van der Waals surface area contributed by atoms with Crippen LogP contribution in [0.5, 0.6) is 0 Å². The summed E-state index contributed by atoms with van der Waals surface area (Å²) in [5.41, 5.74) is 4.91. The van der Waals surface area contributed by atoms with Crippen LogP contribution in [0.4, 0.5) is 5.69 Å². The molecule has 1 N–H and O–H groups in total. The van der Waals surface area contributed by atoms with Crippen molar-refractivity contribution in [1.29, 1.82) is 5.26 Å². The Kier molecular flexibility index (Phi) is 6.43. The summed E-state index contributed by atoms with van der Waals surface area (Å²) in [6.07, 6.45) is 5.71. The normalized spacial score (nSPS) is 19.6. The summed E-state index contributed by atoms with van der Waals surface area (Å²) in [5.74, 6) is 0. The van der Waals surface area contributed by atoms with E-state index < -0.39 is 0 Å². The molecule has 0 spiro atoms. The summed E-state index contributed by atoms with van der Waals surface area (Å²) < 4.78 is 3.13. The molecule has 0 radical (unpaired) electrons. The number of aryl methyl sites for hydroxylation is 1. The van der Waals surface area contributed by atoms with E-state index in [4.69, 9.17) is 5.26 Å². The lowest BCUT2D eigenvalue weighted by Crippen LogP contribution is -2.58. The molecule has 10 heteroatoms. The van der Waals surface area contributed by atoms with Gasteiger partial charge in [0, 0.05) is 63.3 Å². The second kappa shape index (κ2) is 9.68. The van der Waals surface area contributed by atoms with Gasteiger partial charge in [-0.2, -0.15) is 10.4 Å². The highest BCUT2D eigenvalue weighted by molar-refractivity contribution is 5.88. The first-order valence-corrected chi connectivity index (χ1v) is 12.2. The van der Waals surface area contributed by atoms with Crippen molar-refractivity contribution in [3.05, 3.63) is 58.8 Å². The van der Waals surface area contributed by atoms with E-state index in [0.29, 0.717) is 24.0 Å². The van der Waals surface area contributed by atoms with Crippen LogP contribution in [-0.2, 0) is 13.6 Å². The molecule has 10 nitrogen and oxygen atoms in total.